The number of hydrogen-bond donors (Lipinski definition) is 1. The molecule has 28 heavy (non-hydrogen) atoms. The van der Waals surface area contributed by atoms with E-state index in [-0.39, 0.29) is 18.0 Å². The average molecular weight is 411 g/mol. The topological polar surface area (TPSA) is 49.4 Å². The lowest BCUT2D eigenvalue weighted by Crippen LogP contribution is -2.43. The normalized spacial score (nSPS) is 17.3. The molecule has 1 atom stereocenters. The monoisotopic (exact) mass is 410 g/mol. The Balaban J connectivity index is 1.69. The molecule has 148 valence electrons. The van der Waals surface area contributed by atoms with E-state index in [4.69, 9.17) is 11.6 Å². The van der Waals surface area contributed by atoms with Crippen LogP contribution in [0.2, 0.25) is 5.02 Å². The molecule has 0 aliphatic carbocycles. The van der Waals surface area contributed by atoms with Crippen LogP contribution in [0.5, 0.6) is 0 Å². The summed E-state index contributed by atoms with van der Waals surface area (Å²) in [6, 6.07) is 11.1. The third kappa shape index (κ3) is 4.84. The SMILES string of the molecule is O=C(Nc1cccc(Cl)c1)C1CCCN(C(=O)c2cccc(C(F)(F)F)c2)C1. The first-order chi connectivity index (χ1) is 13.2. The van der Waals surface area contributed by atoms with Gasteiger partial charge < -0.3 is 10.2 Å². The molecule has 8 heteroatoms. The summed E-state index contributed by atoms with van der Waals surface area (Å²) in [5, 5.41) is 3.26. The fraction of sp³-hybridized carbons (Fsp3) is 0.300. The third-order valence-corrected chi connectivity index (χ3v) is 4.84. The standard InChI is InChI=1S/C20H18ClF3N2O2/c21-16-7-2-8-17(11-16)25-18(27)14-5-3-9-26(12-14)19(28)13-4-1-6-15(10-13)20(22,23)24/h1-2,4,6-8,10-11,14H,3,5,9,12H2,(H,25,27). The lowest BCUT2D eigenvalue weighted by Gasteiger charge is -2.32. The maximum atomic E-state index is 12.9. The number of likely N-dealkylation sites (tertiary alicyclic amines) is 1. The molecule has 3 rings (SSSR count). The van der Waals surface area contributed by atoms with E-state index < -0.39 is 23.6 Å². The Labute approximate surface area is 165 Å². The minimum atomic E-state index is -4.52. The second kappa shape index (κ2) is 8.22. The van der Waals surface area contributed by atoms with Crippen LogP contribution in [0.3, 0.4) is 0 Å². The number of carbonyl (C=O) groups excluding carboxylic acids is 2. The zero-order valence-electron chi connectivity index (χ0n) is 14.8. The highest BCUT2D eigenvalue weighted by Gasteiger charge is 2.33. The van der Waals surface area contributed by atoms with Gasteiger partial charge in [-0.2, -0.15) is 13.2 Å². The number of benzene rings is 2. The molecule has 0 saturated carbocycles. The molecule has 0 spiro atoms. The van der Waals surface area contributed by atoms with Crippen molar-refractivity contribution in [1.29, 1.82) is 0 Å². The number of halogens is 4. The van der Waals surface area contributed by atoms with Gasteiger partial charge >= 0.3 is 6.18 Å². The maximum Gasteiger partial charge on any atom is 0.416 e. The van der Waals surface area contributed by atoms with Crippen LogP contribution in [0.15, 0.2) is 48.5 Å². The van der Waals surface area contributed by atoms with Crippen molar-refractivity contribution in [2.45, 2.75) is 19.0 Å². The molecule has 1 aliphatic rings. The van der Waals surface area contributed by atoms with Crippen LogP contribution >= 0.6 is 11.6 Å². The number of amides is 2. The highest BCUT2D eigenvalue weighted by molar-refractivity contribution is 6.30. The van der Waals surface area contributed by atoms with Crippen LogP contribution in [-0.2, 0) is 11.0 Å². The molecule has 1 heterocycles. The van der Waals surface area contributed by atoms with Gasteiger partial charge in [0.1, 0.15) is 0 Å². The summed E-state index contributed by atoms with van der Waals surface area (Å²) in [7, 11) is 0. The van der Waals surface area contributed by atoms with E-state index in [0.717, 1.165) is 12.1 Å². The predicted octanol–water partition coefficient (Wildman–Crippen LogP) is 4.85. The van der Waals surface area contributed by atoms with Crippen molar-refractivity contribution in [3.8, 4) is 0 Å². The molecule has 1 fully saturated rings. The van der Waals surface area contributed by atoms with Crippen LogP contribution < -0.4 is 5.32 Å². The molecule has 0 bridgehead atoms. The van der Waals surface area contributed by atoms with Gasteiger partial charge in [0.25, 0.3) is 5.91 Å². The van der Waals surface area contributed by atoms with Crippen molar-refractivity contribution in [2.75, 3.05) is 18.4 Å². The van der Waals surface area contributed by atoms with Crippen molar-refractivity contribution in [3.05, 3.63) is 64.7 Å². The lowest BCUT2D eigenvalue weighted by molar-refractivity contribution is -0.137. The molecule has 1 saturated heterocycles. The lowest BCUT2D eigenvalue weighted by atomic mass is 9.96. The summed E-state index contributed by atoms with van der Waals surface area (Å²) >= 11 is 5.91. The van der Waals surface area contributed by atoms with E-state index in [1.807, 2.05) is 0 Å². The number of rotatable bonds is 3. The van der Waals surface area contributed by atoms with E-state index in [1.165, 1.54) is 17.0 Å². The number of hydrogen-bond acceptors (Lipinski definition) is 2. The Bertz CT molecular complexity index is 886. The van der Waals surface area contributed by atoms with E-state index >= 15 is 0 Å². The van der Waals surface area contributed by atoms with E-state index in [1.54, 1.807) is 24.3 Å². The molecule has 0 aromatic heterocycles. The van der Waals surface area contributed by atoms with E-state index in [2.05, 4.69) is 5.32 Å². The number of nitrogens with zero attached hydrogens (tertiary/aromatic N) is 1. The molecule has 0 radical (unpaired) electrons. The average Bonchev–Trinajstić information content (AvgIpc) is 2.67. The Morgan fingerprint density at radius 3 is 2.57 bits per heavy atom. The van der Waals surface area contributed by atoms with Crippen molar-refractivity contribution in [2.24, 2.45) is 5.92 Å². The maximum absolute atomic E-state index is 12.9. The van der Waals surface area contributed by atoms with Gasteiger partial charge in [-0.15, -0.1) is 0 Å². The second-order valence-corrected chi connectivity index (χ2v) is 7.10. The fourth-order valence-electron chi connectivity index (χ4n) is 3.20. The van der Waals surface area contributed by atoms with Gasteiger partial charge in [0.05, 0.1) is 11.5 Å². The first-order valence-electron chi connectivity index (χ1n) is 8.77. The molecule has 2 aromatic rings. The number of carbonyl (C=O) groups is 2. The Hall–Kier alpha value is -2.54. The van der Waals surface area contributed by atoms with Gasteiger partial charge in [0.15, 0.2) is 0 Å². The summed E-state index contributed by atoms with van der Waals surface area (Å²) in [6.07, 6.45) is -3.32. The van der Waals surface area contributed by atoms with Crippen LogP contribution in [0.4, 0.5) is 18.9 Å². The quantitative estimate of drug-likeness (QED) is 0.786. The first kappa shape index (κ1) is 20.2. The second-order valence-electron chi connectivity index (χ2n) is 6.67. The zero-order valence-corrected chi connectivity index (χ0v) is 15.6. The van der Waals surface area contributed by atoms with Gasteiger partial charge in [-0.3, -0.25) is 9.59 Å². The number of alkyl halides is 3. The predicted molar refractivity (Wildman–Crippen MR) is 100 cm³/mol. The van der Waals surface area contributed by atoms with Crippen molar-refractivity contribution in [3.63, 3.8) is 0 Å². The van der Waals surface area contributed by atoms with Crippen molar-refractivity contribution < 1.29 is 22.8 Å². The summed E-state index contributed by atoms with van der Waals surface area (Å²) < 4.78 is 38.7. The van der Waals surface area contributed by atoms with Crippen LogP contribution in [0, 0.1) is 5.92 Å². The Kier molecular flexibility index (Phi) is 5.93. The summed E-state index contributed by atoms with van der Waals surface area (Å²) in [4.78, 5) is 26.6. The molecule has 2 aromatic carbocycles. The largest absolute Gasteiger partial charge is 0.416 e. The Morgan fingerprint density at radius 2 is 1.86 bits per heavy atom. The van der Waals surface area contributed by atoms with Crippen molar-refractivity contribution in [1.82, 2.24) is 4.90 Å². The minimum absolute atomic E-state index is 0.0364. The Morgan fingerprint density at radius 1 is 1.11 bits per heavy atom. The molecule has 1 N–H and O–H groups in total. The van der Waals surface area contributed by atoms with Gasteiger partial charge in [0.2, 0.25) is 5.91 Å². The third-order valence-electron chi connectivity index (χ3n) is 4.61. The minimum Gasteiger partial charge on any atom is -0.338 e. The summed E-state index contributed by atoms with van der Waals surface area (Å²) in [5.41, 5.74) is -0.352. The summed E-state index contributed by atoms with van der Waals surface area (Å²) in [6.45, 7) is 0.553. The van der Waals surface area contributed by atoms with Gasteiger partial charge in [-0.05, 0) is 49.2 Å². The van der Waals surface area contributed by atoms with Crippen molar-refractivity contribution >= 4 is 29.1 Å². The number of piperidine rings is 1. The highest BCUT2D eigenvalue weighted by Crippen LogP contribution is 2.30. The molecule has 1 aliphatic heterocycles. The highest BCUT2D eigenvalue weighted by atomic mass is 35.5. The first-order valence-corrected chi connectivity index (χ1v) is 9.15. The molecule has 4 nitrogen and oxygen atoms in total. The van der Waals surface area contributed by atoms with Gasteiger partial charge in [-0.1, -0.05) is 23.7 Å². The number of anilines is 1. The van der Waals surface area contributed by atoms with Gasteiger partial charge in [0, 0.05) is 29.4 Å². The van der Waals surface area contributed by atoms with Gasteiger partial charge in [-0.25, -0.2) is 0 Å². The smallest absolute Gasteiger partial charge is 0.338 e. The summed E-state index contributed by atoms with van der Waals surface area (Å²) in [5.74, 6) is -1.20. The number of nitrogens with one attached hydrogen (secondary N) is 1. The molecular formula is C20H18ClF3N2O2. The van der Waals surface area contributed by atoms with Crippen LogP contribution in [0.1, 0.15) is 28.8 Å². The molecular weight excluding hydrogens is 393 g/mol. The van der Waals surface area contributed by atoms with E-state index in [9.17, 15) is 22.8 Å². The van der Waals surface area contributed by atoms with Crippen LogP contribution in [0.25, 0.3) is 0 Å². The molecule has 2 amide bonds. The van der Waals surface area contributed by atoms with E-state index in [0.29, 0.717) is 30.1 Å². The zero-order chi connectivity index (χ0) is 20.3. The molecule has 1 unspecified atom stereocenters. The van der Waals surface area contributed by atoms with Crippen LogP contribution in [-0.4, -0.2) is 29.8 Å². The fourth-order valence-corrected chi connectivity index (χ4v) is 3.39.